The minimum atomic E-state index is -4.46. The Morgan fingerprint density at radius 1 is 1.31 bits per heavy atom. The van der Waals surface area contributed by atoms with Crippen LogP contribution in [0.3, 0.4) is 0 Å². The molecule has 0 radical (unpaired) electrons. The first-order chi connectivity index (χ1) is 12.2. The number of fused-ring (bicyclic) bond motifs is 1. The van der Waals surface area contributed by atoms with Crippen molar-refractivity contribution in [1.29, 1.82) is 0 Å². The van der Waals surface area contributed by atoms with E-state index in [9.17, 15) is 22.4 Å². The second-order valence-electron chi connectivity index (χ2n) is 6.06. The number of amides is 1. The van der Waals surface area contributed by atoms with Crippen molar-refractivity contribution in [3.05, 3.63) is 59.0 Å². The van der Waals surface area contributed by atoms with Gasteiger partial charge in [0.2, 0.25) is 5.88 Å². The molecule has 0 saturated carbocycles. The Kier molecular flexibility index (Phi) is 4.84. The summed E-state index contributed by atoms with van der Waals surface area (Å²) in [5, 5.41) is 0. The molecule has 1 aromatic carbocycles. The number of nitrogens with zero attached hydrogens (tertiary/aromatic N) is 2. The first-order valence-corrected chi connectivity index (χ1v) is 7.99. The lowest BCUT2D eigenvalue weighted by Crippen LogP contribution is -2.39. The molecule has 0 spiro atoms. The number of hydrogen-bond donors (Lipinski definition) is 0. The van der Waals surface area contributed by atoms with Crippen LogP contribution in [0, 0.1) is 5.82 Å². The van der Waals surface area contributed by atoms with Gasteiger partial charge in [0.25, 0.3) is 5.91 Å². The van der Waals surface area contributed by atoms with Crippen molar-refractivity contribution in [3.63, 3.8) is 0 Å². The van der Waals surface area contributed by atoms with E-state index in [2.05, 4.69) is 9.72 Å². The van der Waals surface area contributed by atoms with Crippen LogP contribution in [-0.2, 0) is 6.42 Å². The van der Waals surface area contributed by atoms with Gasteiger partial charge in [-0.2, -0.15) is 13.2 Å². The highest BCUT2D eigenvalue weighted by Crippen LogP contribution is 2.31. The zero-order chi connectivity index (χ0) is 18.9. The Morgan fingerprint density at radius 2 is 2.08 bits per heavy atom. The van der Waals surface area contributed by atoms with Crippen molar-refractivity contribution in [2.75, 3.05) is 13.2 Å². The summed E-state index contributed by atoms with van der Waals surface area (Å²) in [6.07, 6.45) is -2.67. The molecule has 8 heteroatoms. The molecule has 1 aromatic heterocycles. The van der Waals surface area contributed by atoms with Crippen LogP contribution in [0.15, 0.2) is 36.5 Å². The van der Waals surface area contributed by atoms with Gasteiger partial charge >= 0.3 is 6.18 Å². The molecular weight excluding hydrogens is 352 g/mol. The van der Waals surface area contributed by atoms with E-state index in [0.717, 1.165) is 11.1 Å². The van der Waals surface area contributed by atoms with E-state index in [1.165, 1.54) is 30.5 Å². The Labute approximate surface area is 147 Å². The molecule has 1 atom stereocenters. The van der Waals surface area contributed by atoms with Gasteiger partial charge in [0.05, 0.1) is 11.6 Å². The van der Waals surface area contributed by atoms with Gasteiger partial charge in [-0.25, -0.2) is 9.37 Å². The van der Waals surface area contributed by atoms with Crippen LogP contribution in [0.2, 0.25) is 0 Å². The van der Waals surface area contributed by atoms with Crippen molar-refractivity contribution >= 4 is 5.91 Å². The normalized spacial score (nSPS) is 17.0. The quantitative estimate of drug-likeness (QED) is 0.772. The predicted molar refractivity (Wildman–Crippen MR) is 85.3 cm³/mol. The summed E-state index contributed by atoms with van der Waals surface area (Å²) < 4.78 is 54.5. The highest BCUT2D eigenvalue weighted by Gasteiger charge is 2.30. The average Bonchev–Trinajstić information content (AvgIpc) is 2.60. The maximum atomic E-state index is 13.5. The molecule has 1 amide bonds. The molecule has 0 aliphatic carbocycles. The van der Waals surface area contributed by atoms with E-state index in [4.69, 9.17) is 0 Å². The second-order valence-corrected chi connectivity index (χ2v) is 6.06. The van der Waals surface area contributed by atoms with Gasteiger partial charge in [0.1, 0.15) is 5.82 Å². The van der Waals surface area contributed by atoms with Crippen molar-refractivity contribution in [2.45, 2.75) is 25.6 Å². The zero-order valence-electron chi connectivity index (χ0n) is 13.9. The Balaban J connectivity index is 1.73. The summed E-state index contributed by atoms with van der Waals surface area (Å²) in [6.45, 7) is 0.827. The van der Waals surface area contributed by atoms with Gasteiger partial charge in [0, 0.05) is 18.8 Å². The van der Waals surface area contributed by atoms with Crippen LogP contribution in [0.5, 0.6) is 5.88 Å². The fourth-order valence-corrected chi connectivity index (χ4v) is 2.98. The lowest BCUT2D eigenvalue weighted by molar-refractivity contribution is -0.154. The fraction of sp³-hybridized carbons (Fsp3) is 0.333. The van der Waals surface area contributed by atoms with Crippen molar-refractivity contribution < 1.29 is 27.1 Å². The van der Waals surface area contributed by atoms with Crippen LogP contribution in [-0.4, -0.2) is 35.1 Å². The van der Waals surface area contributed by atoms with E-state index in [0.29, 0.717) is 13.0 Å². The predicted octanol–water partition coefficient (Wildman–Crippen LogP) is 3.92. The van der Waals surface area contributed by atoms with E-state index < -0.39 is 12.8 Å². The number of hydrogen-bond acceptors (Lipinski definition) is 3. The summed E-state index contributed by atoms with van der Waals surface area (Å²) in [7, 11) is 0. The maximum Gasteiger partial charge on any atom is 0.422 e. The highest BCUT2D eigenvalue weighted by molar-refractivity contribution is 5.94. The topological polar surface area (TPSA) is 42.4 Å². The smallest absolute Gasteiger partial charge is 0.422 e. The molecular formula is C18H16F4N2O2. The van der Waals surface area contributed by atoms with Crippen molar-refractivity contribution in [1.82, 2.24) is 9.88 Å². The summed E-state index contributed by atoms with van der Waals surface area (Å²) in [4.78, 5) is 18.0. The van der Waals surface area contributed by atoms with Crippen LogP contribution >= 0.6 is 0 Å². The third-order valence-electron chi connectivity index (χ3n) is 4.28. The third-order valence-corrected chi connectivity index (χ3v) is 4.28. The van der Waals surface area contributed by atoms with Crippen LogP contribution < -0.4 is 4.74 Å². The number of pyridine rings is 1. The lowest BCUT2D eigenvalue weighted by atomic mass is 9.93. The number of carbonyl (C=O) groups excluding carboxylic acids is 1. The number of ether oxygens (including phenoxy) is 1. The molecule has 4 nitrogen and oxygen atoms in total. The molecule has 26 heavy (non-hydrogen) atoms. The molecule has 1 aliphatic rings. The molecule has 138 valence electrons. The Bertz CT molecular complexity index is 806. The number of benzene rings is 1. The van der Waals surface area contributed by atoms with Crippen LogP contribution in [0.25, 0.3) is 0 Å². The number of aromatic nitrogens is 1. The number of halogens is 4. The second kappa shape index (κ2) is 6.93. The zero-order valence-corrected chi connectivity index (χ0v) is 13.9. The van der Waals surface area contributed by atoms with Gasteiger partial charge in [-0.15, -0.1) is 0 Å². The Hall–Kier alpha value is -2.64. The highest BCUT2D eigenvalue weighted by atomic mass is 19.4. The van der Waals surface area contributed by atoms with Crippen molar-refractivity contribution in [2.24, 2.45) is 0 Å². The number of alkyl halides is 3. The SMILES string of the molecule is CC1c2cc(F)ccc2CCN1C(=O)c1ccc(OCC(F)(F)F)nc1. The molecule has 1 aliphatic heterocycles. The fourth-order valence-electron chi connectivity index (χ4n) is 2.98. The first-order valence-electron chi connectivity index (χ1n) is 7.99. The van der Waals surface area contributed by atoms with Gasteiger partial charge < -0.3 is 9.64 Å². The summed E-state index contributed by atoms with van der Waals surface area (Å²) in [6, 6.07) is 6.81. The maximum absolute atomic E-state index is 13.5. The van der Waals surface area contributed by atoms with Crippen LogP contribution in [0.1, 0.15) is 34.5 Å². The molecule has 3 rings (SSSR count). The molecule has 0 N–H and O–H groups in total. The van der Waals surface area contributed by atoms with Gasteiger partial charge in [-0.1, -0.05) is 6.07 Å². The van der Waals surface area contributed by atoms with E-state index in [-0.39, 0.29) is 29.2 Å². The lowest BCUT2D eigenvalue weighted by Gasteiger charge is -2.35. The molecule has 0 bridgehead atoms. The van der Waals surface area contributed by atoms with Gasteiger partial charge in [-0.3, -0.25) is 4.79 Å². The monoisotopic (exact) mass is 368 g/mol. The number of carbonyl (C=O) groups is 1. The minimum Gasteiger partial charge on any atom is -0.468 e. The molecule has 0 saturated heterocycles. The standard InChI is InChI=1S/C18H16F4N2O2/c1-11-15-8-14(19)4-2-12(15)6-7-24(11)17(25)13-3-5-16(23-9-13)26-10-18(20,21)22/h2-5,8-9,11H,6-7,10H2,1H3. The molecule has 0 fully saturated rings. The minimum absolute atomic E-state index is 0.210. The van der Waals surface area contributed by atoms with Gasteiger partial charge in [-0.05, 0) is 42.7 Å². The first kappa shape index (κ1) is 18.2. The van der Waals surface area contributed by atoms with E-state index in [1.807, 2.05) is 6.92 Å². The van der Waals surface area contributed by atoms with Gasteiger partial charge in [0.15, 0.2) is 6.61 Å². The largest absolute Gasteiger partial charge is 0.468 e. The van der Waals surface area contributed by atoms with E-state index in [1.54, 1.807) is 11.0 Å². The Morgan fingerprint density at radius 3 is 2.73 bits per heavy atom. The van der Waals surface area contributed by atoms with Crippen molar-refractivity contribution in [3.8, 4) is 5.88 Å². The summed E-state index contributed by atoms with van der Waals surface area (Å²) in [5.41, 5.74) is 1.98. The number of rotatable bonds is 3. The molecule has 2 heterocycles. The third kappa shape index (κ3) is 3.95. The molecule has 1 unspecified atom stereocenters. The summed E-state index contributed by atoms with van der Waals surface area (Å²) in [5.74, 6) is -0.891. The van der Waals surface area contributed by atoms with Crippen LogP contribution in [0.4, 0.5) is 17.6 Å². The van der Waals surface area contributed by atoms with E-state index >= 15 is 0 Å². The summed E-state index contributed by atoms with van der Waals surface area (Å²) >= 11 is 0. The average molecular weight is 368 g/mol. The molecule has 2 aromatic rings.